The lowest BCUT2D eigenvalue weighted by atomic mass is 9.92. The lowest BCUT2D eigenvalue weighted by molar-refractivity contribution is 1.07. The Bertz CT molecular complexity index is 3750. The van der Waals surface area contributed by atoms with E-state index in [9.17, 15) is 0 Å². The van der Waals surface area contributed by atoms with Crippen LogP contribution in [0.25, 0.3) is 123 Å². The number of hydrogen-bond donors (Lipinski definition) is 0. The molecule has 0 amide bonds. The van der Waals surface area contributed by atoms with Crippen molar-refractivity contribution in [2.45, 2.75) is 0 Å². The molecular weight excluding hydrogens is 827 g/mol. The maximum Gasteiger partial charge on any atom is 0.164 e. The normalized spacial score (nSPS) is 11.5. The zero-order valence-corrected chi connectivity index (χ0v) is 36.9. The first-order valence-corrected chi connectivity index (χ1v) is 23.0. The highest BCUT2D eigenvalue weighted by atomic mass is 15.0. The number of rotatable bonds is 8. The number of aromatic nitrogens is 5. The van der Waals surface area contributed by atoms with Crippen molar-refractivity contribution < 1.29 is 0 Å². The van der Waals surface area contributed by atoms with Crippen LogP contribution in [0.1, 0.15) is 0 Å². The molecule has 10 aromatic carbocycles. The van der Waals surface area contributed by atoms with Gasteiger partial charge >= 0.3 is 0 Å². The van der Waals surface area contributed by atoms with E-state index in [-0.39, 0.29) is 0 Å². The second kappa shape index (κ2) is 16.4. The van der Waals surface area contributed by atoms with Crippen molar-refractivity contribution in [3.05, 3.63) is 249 Å². The van der Waals surface area contributed by atoms with Crippen LogP contribution in [0.4, 0.5) is 0 Å². The van der Waals surface area contributed by atoms with E-state index < -0.39 is 0 Å². The summed E-state index contributed by atoms with van der Waals surface area (Å²) >= 11 is 0. The SMILES string of the molecule is c1ccc(-c2nc(-c3ccccc3)nc(-c3ccc(-c4cc(-c5ccc6c(c5)c5ccccc5n6-c5ccccc5)cc(-c5ccc6c(c5)c5ccccc5n6-c5ccccc5)c4)cc3)n2)cc1. The van der Waals surface area contributed by atoms with Gasteiger partial charge in [-0.25, -0.2) is 15.0 Å². The van der Waals surface area contributed by atoms with Gasteiger partial charge in [0, 0.05) is 49.6 Å². The van der Waals surface area contributed by atoms with Gasteiger partial charge in [0.2, 0.25) is 0 Å². The maximum atomic E-state index is 5.02. The fourth-order valence-corrected chi connectivity index (χ4v) is 9.89. The molecule has 0 atom stereocenters. The fourth-order valence-electron chi connectivity index (χ4n) is 9.89. The third-order valence-electron chi connectivity index (χ3n) is 13.1. The number of fused-ring (bicyclic) bond motifs is 6. The second-order valence-corrected chi connectivity index (χ2v) is 17.3. The van der Waals surface area contributed by atoms with Crippen molar-refractivity contribution >= 4 is 43.6 Å². The minimum atomic E-state index is 0.629. The summed E-state index contributed by atoms with van der Waals surface area (Å²) in [4.78, 5) is 15.0. The molecule has 68 heavy (non-hydrogen) atoms. The van der Waals surface area contributed by atoms with E-state index in [2.05, 4.69) is 197 Å². The Morgan fingerprint density at radius 1 is 0.206 bits per heavy atom. The van der Waals surface area contributed by atoms with Crippen molar-refractivity contribution in [2.75, 3.05) is 0 Å². The Morgan fingerprint density at radius 2 is 0.515 bits per heavy atom. The largest absolute Gasteiger partial charge is 0.309 e. The van der Waals surface area contributed by atoms with Crippen LogP contribution in [-0.2, 0) is 0 Å². The summed E-state index contributed by atoms with van der Waals surface area (Å²) in [6, 6.07) is 88.5. The molecule has 0 saturated carbocycles. The van der Waals surface area contributed by atoms with Crippen molar-refractivity contribution in [3.63, 3.8) is 0 Å². The summed E-state index contributed by atoms with van der Waals surface area (Å²) in [6.45, 7) is 0. The molecule has 3 heterocycles. The molecule has 0 aliphatic rings. The Kier molecular flexibility index (Phi) is 9.43. The summed E-state index contributed by atoms with van der Waals surface area (Å²) in [5.41, 5.74) is 16.6. The van der Waals surface area contributed by atoms with Crippen LogP contribution in [0, 0.1) is 0 Å². The molecule has 13 aromatic rings. The molecule has 0 N–H and O–H groups in total. The molecule has 0 unspecified atom stereocenters. The van der Waals surface area contributed by atoms with Crippen LogP contribution in [-0.4, -0.2) is 24.1 Å². The third kappa shape index (κ3) is 6.84. The Balaban J connectivity index is 0.973. The first kappa shape index (κ1) is 39.2. The highest BCUT2D eigenvalue weighted by molar-refractivity contribution is 6.12. The number of hydrogen-bond acceptors (Lipinski definition) is 3. The third-order valence-corrected chi connectivity index (χ3v) is 13.1. The van der Waals surface area contributed by atoms with Gasteiger partial charge in [-0.1, -0.05) is 170 Å². The minimum Gasteiger partial charge on any atom is -0.309 e. The van der Waals surface area contributed by atoms with Crippen molar-refractivity contribution in [3.8, 4) is 78.9 Å². The van der Waals surface area contributed by atoms with E-state index >= 15 is 0 Å². The smallest absolute Gasteiger partial charge is 0.164 e. The summed E-state index contributed by atoms with van der Waals surface area (Å²) in [6.07, 6.45) is 0. The number of nitrogens with zero attached hydrogens (tertiary/aromatic N) is 5. The van der Waals surface area contributed by atoms with Gasteiger partial charge < -0.3 is 9.13 Å². The highest BCUT2D eigenvalue weighted by Gasteiger charge is 2.18. The van der Waals surface area contributed by atoms with E-state index in [1.807, 2.05) is 60.7 Å². The van der Waals surface area contributed by atoms with E-state index in [4.69, 9.17) is 15.0 Å². The summed E-state index contributed by atoms with van der Waals surface area (Å²) in [7, 11) is 0. The van der Waals surface area contributed by atoms with Crippen LogP contribution in [0.2, 0.25) is 0 Å². The summed E-state index contributed by atoms with van der Waals surface area (Å²) in [5, 5.41) is 4.89. The molecule has 3 aromatic heterocycles. The fraction of sp³-hybridized carbons (Fsp3) is 0. The molecule has 0 saturated heterocycles. The predicted octanol–water partition coefficient (Wildman–Crippen LogP) is 16.1. The van der Waals surface area contributed by atoms with E-state index in [1.165, 1.54) is 43.6 Å². The zero-order chi connectivity index (χ0) is 45.0. The average Bonchev–Trinajstić information content (AvgIpc) is 3.94. The van der Waals surface area contributed by atoms with Gasteiger partial charge in [0.15, 0.2) is 17.5 Å². The molecule has 5 heteroatoms. The van der Waals surface area contributed by atoms with Crippen LogP contribution >= 0.6 is 0 Å². The molecule has 318 valence electrons. The molecule has 0 bridgehead atoms. The van der Waals surface area contributed by atoms with Gasteiger partial charge in [0.25, 0.3) is 0 Å². The quantitative estimate of drug-likeness (QED) is 0.153. The van der Waals surface area contributed by atoms with E-state index in [0.717, 1.165) is 61.4 Å². The van der Waals surface area contributed by atoms with Crippen molar-refractivity contribution in [1.82, 2.24) is 24.1 Å². The monoisotopic (exact) mass is 867 g/mol. The number of para-hydroxylation sites is 4. The maximum absolute atomic E-state index is 5.02. The van der Waals surface area contributed by atoms with Crippen LogP contribution in [0.3, 0.4) is 0 Å². The molecular formula is C63H41N5. The highest BCUT2D eigenvalue weighted by Crippen LogP contribution is 2.40. The minimum absolute atomic E-state index is 0.629. The standard InChI is InChI=1S/C63H41N5/c1-5-17-43(18-6-1)61-64-62(44-19-7-2-8-20-44)66-63(65-61)45-31-29-42(30-32-45)48-37-49(46-33-35-59-55(40-46)53-25-13-15-27-57(53)67(59)51-21-9-3-10-22-51)39-50(38-48)47-34-36-60-56(41-47)54-26-14-16-28-58(54)68(60)52-23-11-4-12-24-52/h1-41H. The predicted molar refractivity (Wildman–Crippen MR) is 281 cm³/mol. The molecule has 13 rings (SSSR count). The molecule has 0 radical (unpaired) electrons. The van der Waals surface area contributed by atoms with Gasteiger partial charge in [0.1, 0.15) is 0 Å². The molecule has 0 aliphatic heterocycles. The van der Waals surface area contributed by atoms with Gasteiger partial charge in [-0.3, -0.25) is 0 Å². The Morgan fingerprint density at radius 3 is 0.941 bits per heavy atom. The Labute approximate surface area is 393 Å². The van der Waals surface area contributed by atoms with Crippen LogP contribution in [0.5, 0.6) is 0 Å². The van der Waals surface area contributed by atoms with Crippen LogP contribution < -0.4 is 0 Å². The first-order chi connectivity index (χ1) is 33.7. The van der Waals surface area contributed by atoms with E-state index in [0.29, 0.717) is 17.5 Å². The molecule has 0 aliphatic carbocycles. The lowest BCUT2D eigenvalue weighted by Gasteiger charge is -2.13. The molecule has 0 spiro atoms. The van der Waals surface area contributed by atoms with Crippen molar-refractivity contribution in [1.29, 1.82) is 0 Å². The first-order valence-electron chi connectivity index (χ1n) is 23.0. The van der Waals surface area contributed by atoms with Gasteiger partial charge in [-0.05, 0) is 112 Å². The van der Waals surface area contributed by atoms with Gasteiger partial charge in [-0.15, -0.1) is 0 Å². The zero-order valence-electron chi connectivity index (χ0n) is 36.9. The summed E-state index contributed by atoms with van der Waals surface area (Å²) < 4.78 is 4.74. The van der Waals surface area contributed by atoms with Crippen molar-refractivity contribution in [2.24, 2.45) is 0 Å². The van der Waals surface area contributed by atoms with Gasteiger partial charge in [0.05, 0.1) is 22.1 Å². The summed E-state index contributed by atoms with van der Waals surface area (Å²) in [5.74, 6) is 1.91. The second-order valence-electron chi connectivity index (χ2n) is 17.3. The number of benzene rings is 10. The van der Waals surface area contributed by atoms with Crippen LogP contribution in [0.15, 0.2) is 249 Å². The molecule has 0 fully saturated rings. The average molecular weight is 868 g/mol. The van der Waals surface area contributed by atoms with Gasteiger partial charge in [-0.2, -0.15) is 0 Å². The van der Waals surface area contributed by atoms with E-state index in [1.54, 1.807) is 0 Å². The Hall–Kier alpha value is -9.19. The topological polar surface area (TPSA) is 48.5 Å². The lowest BCUT2D eigenvalue weighted by Crippen LogP contribution is -2.00. The molecule has 5 nitrogen and oxygen atoms in total.